The molecule has 2 aromatic carbocycles. The molecule has 0 unspecified atom stereocenters. The first kappa shape index (κ1) is 18.2. The van der Waals surface area contributed by atoms with Gasteiger partial charge in [0.1, 0.15) is 0 Å². The van der Waals surface area contributed by atoms with E-state index in [2.05, 4.69) is 5.32 Å². The van der Waals surface area contributed by atoms with E-state index in [9.17, 15) is 9.59 Å². The molecule has 0 heterocycles. The largest absolute Gasteiger partial charge is 0.344 e. The smallest absolute Gasteiger partial charge is 0.251 e. The van der Waals surface area contributed by atoms with Gasteiger partial charge in [0.05, 0.1) is 6.54 Å². The van der Waals surface area contributed by atoms with Gasteiger partial charge in [0.2, 0.25) is 5.91 Å². The van der Waals surface area contributed by atoms with Crippen LogP contribution in [-0.2, 0) is 4.79 Å². The highest BCUT2D eigenvalue weighted by Crippen LogP contribution is 2.25. The highest BCUT2D eigenvalue weighted by Gasteiger charge is 2.19. The summed E-state index contributed by atoms with van der Waals surface area (Å²) in [6.07, 6.45) is 4.94. The van der Waals surface area contributed by atoms with Crippen LogP contribution in [0.3, 0.4) is 0 Å². The monoisotopic (exact) mass is 350 g/mol. The van der Waals surface area contributed by atoms with Gasteiger partial charge in [-0.1, -0.05) is 55.3 Å². The SMILES string of the molecule is CN(CC1CCCC1)C(=O)CNC(=O)c1ccc(-c2ccccc2)cc1. The average molecular weight is 350 g/mol. The highest BCUT2D eigenvalue weighted by atomic mass is 16.2. The average Bonchev–Trinajstić information content (AvgIpc) is 3.19. The predicted octanol–water partition coefficient (Wildman–Crippen LogP) is 3.73. The number of likely N-dealkylation sites (N-methyl/N-ethyl adjacent to an activating group) is 1. The number of hydrogen-bond acceptors (Lipinski definition) is 2. The van der Waals surface area contributed by atoms with Crippen molar-refractivity contribution in [3.05, 3.63) is 60.2 Å². The van der Waals surface area contributed by atoms with Gasteiger partial charge < -0.3 is 10.2 Å². The van der Waals surface area contributed by atoms with E-state index in [1.54, 1.807) is 17.0 Å². The highest BCUT2D eigenvalue weighted by molar-refractivity contribution is 5.96. The predicted molar refractivity (Wildman–Crippen MR) is 104 cm³/mol. The van der Waals surface area contributed by atoms with Gasteiger partial charge in [-0.15, -0.1) is 0 Å². The molecule has 2 amide bonds. The first-order valence-electron chi connectivity index (χ1n) is 9.31. The normalized spacial score (nSPS) is 14.2. The topological polar surface area (TPSA) is 49.4 Å². The van der Waals surface area contributed by atoms with Crippen LogP contribution in [0.1, 0.15) is 36.0 Å². The maximum absolute atomic E-state index is 12.3. The Morgan fingerprint density at radius 2 is 1.58 bits per heavy atom. The van der Waals surface area contributed by atoms with Gasteiger partial charge in [-0.25, -0.2) is 0 Å². The number of nitrogens with one attached hydrogen (secondary N) is 1. The molecule has 4 nitrogen and oxygen atoms in total. The summed E-state index contributed by atoms with van der Waals surface area (Å²) in [4.78, 5) is 26.2. The van der Waals surface area contributed by atoms with E-state index in [0.29, 0.717) is 11.5 Å². The Morgan fingerprint density at radius 1 is 0.962 bits per heavy atom. The third-order valence-electron chi connectivity index (χ3n) is 5.09. The number of hydrogen-bond donors (Lipinski definition) is 1. The van der Waals surface area contributed by atoms with Gasteiger partial charge in [0, 0.05) is 19.2 Å². The lowest BCUT2D eigenvalue weighted by molar-refractivity contribution is -0.129. The molecule has 0 aliphatic heterocycles. The lowest BCUT2D eigenvalue weighted by atomic mass is 10.0. The molecule has 4 heteroatoms. The molecule has 1 N–H and O–H groups in total. The first-order valence-corrected chi connectivity index (χ1v) is 9.31. The van der Waals surface area contributed by atoms with Gasteiger partial charge in [-0.2, -0.15) is 0 Å². The Kier molecular flexibility index (Phi) is 6.05. The van der Waals surface area contributed by atoms with Crippen molar-refractivity contribution in [2.75, 3.05) is 20.1 Å². The molecule has 2 aromatic rings. The molecule has 0 spiro atoms. The molecule has 1 saturated carbocycles. The molecular formula is C22H26N2O2. The Labute approximate surface area is 155 Å². The van der Waals surface area contributed by atoms with E-state index >= 15 is 0 Å². The van der Waals surface area contributed by atoms with Gasteiger partial charge in [0.15, 0.2) is 0 Å². The molecule has 0 saturated heterocycles. The summed E-state index contributed by atoms with van der Waals surface area (Å²) < 4.78 is 0. The van der Waals surface area contributed by atoms with E-state index < -0.39 is 0 Å². The van der Waals surface area contributed by atoms with Crippen LogP contribution >= 0.6 is 0 Å². The quantitative estimate of drug-likeness (QED) is 0.863. The molecular weight excluding hydrogens is 324 g/mol. The summed E-state index contributed by atoms with van der Waals surface area (Å²) in [6, 6.07) is 17.5. The molecule has 26 heavy (non-hydrogen) atoms. The lowest BCUT2D eigenvalue weighted by Crippen LogP contribution is -2.39. The summed E-state index contributed by atoms with van der Waals surface area (Å²) in [6.45, 7) is 0.836. The van der Waals surface area contributed by atoms with Crippen LogP contribution in [0, 0.1) is 5.92 Å². The van der Waals surface area contributed by atoms with Gasteiger partial charge in [0.25, 0.3) is 5.91 Å². The van der Waals surface area contributed by atoms with Crippen molar-refractivity contribution in [1.29, 1.82) is 0 Å². The fourth-order valence-corrected chi connectivity index (χ4v) is 3.52. The molecule has 136 valence electrons. The van der Waals surface area contributed by atoms with Crippen molar-refractivity contribution in [2.45, 2.75) is 25.7 Å². The Hall–Kier alpha value is -2.62. The number of benzene rings is 2. The number of carbonyl (C=O) groups is 2. The Balaban J connectivity index is 1.50. The summed E-state index contributed by atoms with van der Waals surface area (Å²) in [5.41, 5.74) is 2.74. The maximum Gasteiger partial charge on any atom is 0.251 e. The fraction of sp³-hybridized carbons (Fsp3) is 0.364. The van der Waals surface area contributed by atoms with E-state index in [4.69, 9.17) is 0 Å². The second-order valence-electron chi connectivity index (χ2n) is 7.05. The molecule has 1 aliphatic carbocycles. The second-order valence-corrected chi connectivity index (χ2v) is 7.05. The Morgan fingerprint density at radius 3 is 2.23 bits per heavy atom. The van der Waals surface area contributed by atoms with E-state index in [-0.39, 0.29) is 18.4 Å². The van der Waals surface area contributed by atoms with Crippen LogP contribution in [-0.4, -0.2) is 36.9 Å². The zero-order chi connectivity index (χ0) is 18.4. The number of amides is 2. The summed E-state index contributed by atoms with van der Waals surface area (Å²) in [5, 5.41) is 2.73. The van der Waals surface area contributed by atoms with Crippen LogP contribution in [0.15, 0.2) is 54.6 Å². The minimum Gasteiger partial charge on any atom is -0.344 e. The molecule has 3 rings (SSSR count). The zero-order valence-electron chi connectivity index (χ0n) is 15.3. The third-order valence-corrected chi connectivity index (χ3v) is 5.09. The lowest BCUT2D eigenvalue weighted by Gasteiger charge is -2.21. The summed E-state index contributed by atoms with van der Waals surface area (Å²) in [7, 11) is 1.82. The molecule has 0 radical (unpaired) electrons. The van der Waals surface area contributed by atoms with Crippen molar-refractivity contribution in [3.63, 3.8) is 0 Å². The van der Waals surface area contributed by atoms with Gasteiger partial charge in [-0.3, -0.25) is 9.59 Å². The van der Waals surface area contributed by atoms with Crippen molar-refractivity contribution >= 4 is 11.8 Å². The van der Waals surface area contributed by atoms with Crippen molar-refractivity contribution in [2.24, 2.45) is 5.92 Å². The number of rotatable bonds is 6. The standard InChI is InChI=1S/C22H26N2O2/c1-24(16-17-7-5-6-8-17)21(25)15-23-22(26)20-13-11-19(12-14-20)18-9-3-2-4-10-18/h2-4,9-14,17H,5-8,15-16H2,1H3,(H,23,26). The fourth-order valence-electron chi connectivity index (χ4n) is 3.52. The molecule has 0 aromatic heterocycles. The number of carbonyl (C=O) groups excluding carboxylic acids is 2. The molecule has 1 fully saturated rings. The van der Waals surface area contributed by atoms with Gasteiger partial charge >= 0.3 is 0 Å². The van der Waals surface area contributed by atoms with Crippen LogP contribution < -0.4 is 5.32 Å². The van der Waals surface area contributed by atoms with Crippen molar-refractivity contribution in [3.8, 4) is 11.1 Å². The Bertz CT molecular complexity index is 734. The van der Waals surface area contributed by atoms with Crippen LogP contribution in [0.25, 0.3) is 11.1 Å². The summed E-state index contributed by atoms with van der Waals surface area (Å²) >= 11 is 0. The zero-order valence-corrected chi connectivity index (χ0v) is 15.3. The van der Waals surface area contributed by atoms with Crippen LogP contribution in [0.5, 0.6) is 0 Å². The van der Waals surface area contributed by atoms with E-state index in [1.807, 2.05) is 49.5 Å². The van der Waals surface area contributed by atoms with Crippen LogP contribution in [0.4, 0.5) is 0 Å². The molecule has 1 aliphatic rings. The van der Waals surface area contributed by atoms with Crippen molar-refractivity contribution in [1.82, 2.24) is 10.2 Å². The van der Waals surface area contributed by atoms with Crippen molar-refractivity contribution < 1.29 is 9.59 Å². The van der Waals surface area contributed by atoms with Gasteiger partial charge in [-0.05, 0) is 42.0 Å². The maximum atomic E-state index is 12.3. The third kappa shape index (κ3) is 4.72. The first-order chi connectivity index (χ1) is 12.6. The van der Waals surface area contributed by atoms with E-state index in [1.165, 1.54) is 25.7 Å². The molecule has 0 bridgehead atoms. The summed E-state index contributed by atoms with van der Waals surface area (Å²) in [5.74, 6) is 0.364. The minimum absolute atomic E-state index is 0.0360. The number of nitrogens with zero attached hydrogens (tertiary/aromatic N) is 1. The minimum atomic E-state index is -0.216. The van der Waals surface area contributed by atoms with Crippen LogP contribution in [0.2, 0.25) is 0 Å². The molecule has 0 atom stereocenters. The van der Waals surface area contributed by atoms with E-state index in [0.717, 1.165) is 17.7 Å². The second kappa shape index (κ2) is 8.65.